The number of hydrogen-bond donors (Lipinski definition) is 0. The predicted octanol–water partition coefficient (Wildman–Crippen LogP) is 2.49. The van der Waals surface area contributed by atoms with Crippen LogP contribution in [0.5, 0.6) is 0 Å². The summed E-state index contributed by atoms with van der Waals surface area (Å²) >= 11 is 0. The van der Waals surface area contributed by atoms with Crippen molar-refractivity contribution in [1.82, 2.24) is 9.80 Å². The first kappa shape index (κ1) is 19.5. The number of rotatable bonds is 2. The number of likely N-dealkylation sites (N-methyl/N-ethyl adjacent to an activating group) is 1. The lowest BCUT2D eigenvalue weighted by molar-refractivity contribution is 0.00378. The lowest BCUT2D eigenvalue weighted by Gasteiger charge is -2.30. The molecule has 1 aliphatic rings. The van der Waals surface area contributed by atoms with Crippen molar-refractivity contribution < 1.29 is 23.8 Å². The van der Waals surface area contributed by atoms with E-state index in [1.807, 2.05) is 41.5 Å². The third-order valence-electron chi connectivity index (χ3n) is 3.37. The van der Waals surface area contributed by atoms with E-state index < -0.39 is 23.4 Å². The highest BCUT2D eigenvalue weighted by molar-refractivity contribution is 5.70. The van der Waals surface area contributed by atoms with Gasteiger partial charge in [0, 0.05) is 20.7 Å². The molecule has 0 aliphatic carbocycles. The molecule has 7 heteroatoms. The summed E-state index contributed by atoms with van der Waals surface area (Å²) in [5.41, 5.74) is -1.13. The highest BCUT2D eigenvalue weighted by atomic mass is 16.6. The Kier molecular flexibility index (Phi) is 5.90. The third kappa shape index (κ3) is 5.89. The van der Waals surface area contributed by atoms with E-state index in [-0.39, 0.29) is 12.1 Å². The van der Waals surface area contributed by atoms with Gasteiger partial charge in [-0.05, 0) is 41.5 Å². The molecule has 0 bridgehead atoms. The first-order valence-electron chi connectivity index (χ1n) is 7.80. The second-order valence-electron chi connectivity index (χ2n) is 7.82. The van der Waals surface area contributed by atoms with Crippen LogP contribution in [0.25, 0.3) is 0 Å². The molecule has 1 heterocycles. The number of amides is 2. The van der Waals surface area contributed by atoms with Gasteiger partial charge in [0.1, 0.15) is 11.2 Å². The van der Waals surface area contributed by atoms with E-state index in [1.54, 1.807) is 19.1 Å². The first-order valence-corrected chi connectivity index (χ1v) is 7.80. The van der Waals surface area contributed by atoms with Crippen LogP contribution in [0.2, 0.25) is 0 Å². The highest BCUT2D eigenvalue weighted by Gasteiger charge is 2.41. The second-order valence-corrected chi connectivity index (χ2v) is 7.82. The van der Waals surface area contributed by atoms with E-state index in [1.165, 1.54) is 4.90 Å². The fourth-order valence-corrected chi connectivity index (χ4v) is 2.31. The summed E-state index contributed by atoms with van der Waals surface area (Å²) in [6.45, 7) is 11.6. The van der Waals surface area contributed by atoms with Gasteiger partial charge in [0.15, 0.2) is 0 Å². The highest BCUT2D eigenvalue weighted by Crippen LogP contribution is 2.22. The van der Waals surface area contributed by atoms with Crippen LogP contribution in [0.4, 0.5) is 9.59 Å². The molecule has 23 heavy (non-hydrogen) atoms. The van der Waals surface area contributed by atoms with Gasteiger partial charge in [0.05, 0.1) is 18.7 Å². The van der Waals surface area contributed by atoms with Crippen LogP contribution < -0.4 is 0 Å². The summed E-state index contributed by atoms with van der Waals surface area (Å²) in [5.74, 6) is 0. The molecule has 2 unspecified atom stereocenters. The molecule has 1 aliphatic heterocycles. The zero-order valence-corrected chi connectivity index (χ0v) is 15.5. The molecule has 134 valence electrons. The van der Waals surface area contributed by atoms with Gasteiger partial charge < -0.3 is 24.0 Å². The van der Waals surface area contributed by atoms with Gasteiger partial charge in [-0.2, -0.15) is 0 Å². The Morgan fingerprint density at radius 3 is 1.96 bits per heavy atom. The van der Waals surface area contributed by atoms with E-state index in [0.29, 0.717) is 13.1 Å². The Hall–Kier alpha value is -1.50. The Morgan fingerprint density at radius 2 is 1.52 bits per heavy atom. The largest absolute Gasteiger partial charge is 0.444 e. The standard InChI is InChI=1S/C16H30N2O5/c1-15(2,3)22-13(19)17(7)11-9-18(10-12(11)21-8)14(20)23-16(4,5)6/h11-12H,9-10H2,1-8H3. The molecular weight excluding hydrogens is 300 g/mol. The number of ether oxygens (including phenoxy) is 3. The van der Waals surface area contributed by atoms with E-state index in [2.05, 4.69) is 0 Å². The minimum absolute atomic E-state index is 0.276. The van der Waals surface area contributed by atoms with Crippen molar-refractivity contribution in [2.45, 2.75) is 64.9 Å². The van der Waals surface area contributed by atoms with Crippen LogP contribution in [0.1, 0.15) is 41.5 Å². The normalized spacial score (nSPS) is 22.0. The zero-order valence-electron chi connectivity index (χ0n) is 15.5. The first-order chi connectivity index (χ1) is 10.3. The van der Waals surface area contributed by atoms with Gasteiger partial charge in [-0.15, -0.1) is 0 Å². The molecule has 2 amide bonds. The van der Waals surface area contributed by atoms with Crippen LogP contribution in [0.15, 0.2) is 0 Å². The molecule has 7 nitrogen and oxygen atoms in total. The van der Waals surface area contributed by atoms with E-state index in [0.717, 1.165) is 0 Å². The predicted molar refractivity (Wildman–Crippen MR) is 86.4 cm³/mol. The maximum atomic E-state index is 12.2. The second kappa shape index (κ2) is 6.95. The van der Waals surface area contributed by atoms with Gasteiger partial charge in [-0.3, -0.25) is 0 Å². The van der Waals surface area contributed by atoms with Gasteiger partial charge in [-0.25, -0.2) is 9.59 Å². The fraction of sp³-hybridized carbons (Fsp3) is 0.875. The number of methoxy groups -OCH3 is 1. The van der Waals surface area contributed by atoms with Crippen LogP contribution in [-0.2, 0) is 14.2 Å². The van der Waals surface area contributed by atoms with Crippen molar-refractivity contribution in [3.8, 4) is 0 Å². The van der Waals surface area contributed by atoms with Crippen LogP contribution in [0, 0.1) is 0 Å². The summed E-state index contributed by atoms with van der Waals surface area (Å²) < 4.78 is 16.2. The lowest BCUT2D eigenvalue weighted by atomic mass is 10.2. The number of carbonyl (C=O) groups is 2. The Balaban J connectivity index is 2.75. The molecular formula is C16H30N2O5. The van der Waals surface area contributed by atoms with Gasteiger partial charge >= 0.3 is 12.2 Å². The maximum Gasteiger partial charge on any atom is 0.410 e. The topological polar surface area (TPSA) is 68.3 Å². The van der Waals surface area contributed by atoms with Gasteiger partial charge in [0.25, 0.3) is 0 Å². The fourth-order valence-electron chi connectivity index (χ4n) is 2.31. The molecule has 0 saturated carbocycles. The lowest BCUT2D eigenvalue weighted by Crippen LogP contribution is -2.47. The van der Waals surface area contributed by atoms with Gasteiger partial charge in [0.2, 0.25) is 0 Å². The van der Waals surface area contributed by atoms with E-state index in [9.17, 15) is 9.59 Å². The molecule has 2 atom stereocenters. The van der Waals surface area contributed by atoms with Crippen LogP contribution in [-0.4, -0.2) is 72.6 Å². The quantitative estimate of drug-likeness (QED) is 0.778. The monoisotopic (exact) mass is 330 g/mol. The van der Waals surface area contributed by atoms with Crippen LogP contribution in [0.3, 0.4) is 0 Å². The van der Waals surface area contributed by atoms with E-state index in [4.69, 9.17) is 14.2 Å². The van der Waals surface area contributed by atoms with Gasteiger partial charge in [-0.1, -0.05) is 0 Å². The number of hydrogen-bond acceptors (Lipinski definition) is 5. The van der Waals surface area contributed by atoms with Crippen LogP contribution >= 0.6 is 0 Å². The molecule has 0 radical (unpaired) electrons. The average Bonchev–Trinajstić information content (AvgIpc) is 2.77. The van der Waals surface area contributed by atoms with Crippen molar-refractivity contribution >= 4 is 12.2 Å². The summed E-state index contributed by atoms with van der Waals surface area (Å²) in [6.07, 6.45) is -1.12. The number of nitrogens with zero attached hydrogens (tertiary/aromatic N) is 2. The maximum absolute atomic E-state index is 12.2. The van der Waals surface area contributed by atoms with Crippen molar-refractivity contribution in [1.29, 1.82) is 0 Å². The summed E-state index contributed by atoms with van der Waals surface area (Å²) in [6, 6.07) is -0.276. The smallest absolute Gasteiger partial charge is 0.410 e. The molecule has 0 N–H and O–H groups in total. The summed E-state index contributed by atoms with van der Waals surface area (Å²) in [5, 5.41) is 0. The van der Waals surface area contributed by atoms with Crippen molar-refractivity contribution in [3.63, 3.8) is 0 Å². The molecule has 1 fully saturated rings. The Labute approximate surface area is 138 Å². The van der Waals surface area contributed by atoms with Crippen molar-refractivity contribution in [2.24, 2.45) is 0 Å². The molecule has 0 aromatic heterocycles. The summed E-state index contributed by atoms with van der Waals surface area (Å²) in [4.78, 5) is 27.5. The van der Waals surface area contributed by atoms with E-state index >= 15 is 0 Å². The zero-order chi connectivity index (χ0) is 18.0. The molecule has 0 spiro atoms. The summed E-state index contributed by atoms with van der Waals surface area (Å²) in [7, 11) is 3.22. The van der Waals surface area contributed by atoms with Crippen molar-refractivity contribution in [2.75, 3.05) is 27.2 Å². The minimum Gasteiger partial charge on any atom is -0.444 e. The molecule has 0 aromatic rings. The number of carbonyl (C=O) groups excluding carboxylic acids is 2. The Bertz CT molecular complexity index is 439. The Morgan fingerprint density at radius 1 is 1.00 bits per heavy atom. The molecule has 1 saturated heterocycles. The average molecular weight is 330 g/mol. The molecule has 1 rings (SSSR count). The van der Waals surface area contributed by atoms with Crippen molar-refractivity contribution in [3.05, 3.63) is 0 Å². The molecule has 0 aromatic carbocycles. The SMILES string of the molecule is COC1CN(C(=O)OC(C)(C)C)CC1N(C)C(=O)OC(C)(C)C. The third-order valence-corrected chi connectivity index (χ3v) is 3.37. The minimum atomic E-state index is -0.572. The number of likely N-dealkylation sites (tertiary alicyclic amines) is 1.